The van der Waals surface area contributed by atoms with Crippen LogP contribution < -0.4 is 10.1 Å². The molecule has 1 amide bonds. The lowest BCUT2D eigenvalue weighted by Crippen LogP contribution is -2.21. The van der Waals surface area contributed by atoms with Crippen LogP contribution in [-0.4, -0.2) is 41.6 Å². The Morgan fingerprint density at radius 3 is 2.53 bits per heavy atom. The lowest BCUT2D eigenvalue weighted by atomic mass is 10.1. The number of hydrogen-bond donors (Lipinski definition) is 3. The summed E-state index contributed by atoms with van der Waals surface area (Å²) in [6, 6.07) is 5.39. The number of amides is 1. The predicted molar refractivity (Wildman–Crippen MR) is 116 cm³/mol. The smallest absolute Gasteiger partial charge is 0.414 e. The Morgan fingerprint density at radius 1 is 1.25 bits per heavy atom. The van der Waals surface area contributed by atoms with Crippen LogP contribution in [0.1, 0.15) is 40.2 Å². The number of benzene rings is 1. The molecule has 1 saturated carbocycles. The normalized spacial score (nSPS) is 16.2. The van der Waals surface area contributed by atoms with E-state index in [-0.39, 0.29) is 16.3 Å². The van der Waals surface area contributed by atoms with E-state index in [0.29, 0.717) is 12.8 Å². The van der Waals surface area contributed by atoms with Crippen molar-refractivity contribution in [3.8, 4) is 11.8 Å². The van der Waals surface area contributed by atoms with Crippen molar-refractivity contribution in [1.29, 1.82) is 4.78 Å². The molecule has 4 rings (SSSR count). The van der Waals surface area contributed by atoms with Gasteiger partial charge in [0.25, 0.3) is 23.6 Å². The average molecular weight is 526 g/mol. The number of anilines is 1. The number of carbonyl (C=O) groups is 1. The molecule has 10 nitrogen and oxygen atoms in total. The average Bonchev–Trinajstić information content (AvgIpc) is 3.52. The molecular formula is C21H18F4N6O4S. The molecule has 3 aromatic rings. The fourth-order valence-electron chi connectivity index (χ4n) is 3.23. The molecule has 1 aromatic carbocycles. The first-order valence-corrected chi connectivity index (χ1v) is 12.2. The van der Waals surface area contributed by atoms with Crippen molar-refractivity contribution in [3.05, 3.63) is 58.9 Å². The van der Waals surface area contributed by atoms with Gasteiger partial charge in [-0.25, -0.2) is 19.0 Å². The minimum Gasteiger partial charge on any atom is -0.414 e. The van der Waals surface area contributed by atoms with Crippen molar-refractivity contribution in [3.63, 3.8) is 0 Å². The molecule has 36 heavy (non-hydrogen) atoms. The first-order valence-electron chi connectivity index (χ1n) is 10.2. The first-order chi connectivity index (χ1) is 16.7. The lowest BCUT2D eigenvalue weighted by molar-refractivity contribution is -0.142. The summed E-state index contributed by atoms with van der Waals surface area (Å²) in [6.07, 6.45) is -2.03. The van der Waals surface area contributed by atoms with Gasteiger partial charge in [-0.05, 0) is 43.5 Å². The van der Waals surface area contributed by atoms with Crippen LogP contribution in [0.15, 0.2) is 35.4 Å². The number of aromatic nitrogens is 4. The third-order valence-corrected chi connectivity index (χ3v) is 6.47. The Bertz CT molecular complexity index is 1480. The van der Waals surface area contributed by atoms with Gasteiger partial charge in [0.1, 0.15) is 11.2 Å². The van der Waals surface area contributed by atoms with Gasteiger partial charge in [-0.3, -0.25) is 4.79 Å². The summed E-state index contributed by atoms with van der Waals surface area (Å²) in [6.45, 7) is 0.964. The highest BCUT2D eigenvalue weighted by Crippen LogP contribution is 2.44. The van der Waals surface area contributed by atoms with Crippen molar-refractivity contribution in [1.82, 2.24) is 20.2 Å². The summed E-state index contributed by atoms with van der Waals surface area (Å²) in [5.41, 5.74) is -4.13. The number of ether oxygens (including phenoxy) is 1. The Kier molecular flexibility index (Phi) is 6.16. The molecule has 0 spiro atoms. The molecule has 0 radical (unpaired) electrons. The van der Waals surface area contributed by atoms with E-state index in [1.807, 2.05) is 0 Å². The van der Waals surface area contributed by atoms with Crippen LogP contribution in [-0.2, 0) is 21.5 Å². The number of rotatable bonds is 6. The van der Waals surface area contributed by atoms with Gasteiger partial charge in [0, 0.05) is 16.8 Å². The van der Waals surface area contributed by atoms with Crippen LogP contribution in [0, 0.1) is 17.7 Å². The highest BCUT2D eigenvalue weighted by atomic mass is 32.2. The molecule has 0 saturated heterocycles. The second-order valence-corrected chi connectivity index (χ2v) is 10.3. The monoisotopic (exact) mass is 526 g/mol. The van der Waals surface area contributed by atoms with Gasteiger partial charge in [-0.1, -0.05) is 6.07 Å². The third-order valence-electron chi connectivity index (χ3n) is 5.32. The Balaban J connectivity index is 1.73. The number of halogens is 4. The second-order valence-electron chi connectivity index (χ2n) is 8.16. The molecule has 0 bridgehead atoms. The number of nitrogens with zero attached hydrogens (tertiary/aromatic N) is 4. The van der Waals surface area contributed by atoms with Gasteiger partial charge >= 0.3 is 6.18 Å². The van der Waals surface area contributed by atoms with Crippen LogP contribution >= 0.6 is 0 Å². The van der Waals surface area contributed by atoms with E-state index in [1.54, 1.807) is 0 Å². The van der Waals surface area contributed by atoms with Crippen LogP contribution in [0.2, 0.25) is 0 Å². The predicted octanol–water partition coefficient (Wildman–Crippen LogP) is 3.79. The summed E-state index contributed by atoms with van der Waals surface area (Å²) in [5.74, 6) is -3.98. The van der Waals surface area contributed by atoms with Crippen molar-refractivity contribution in [2.75, 3.05) is 11.6 Å². The van der Waals surface area contributed by atoms with Crippen LogP contribution in [0.5, 0.6) is 11.8 Å². The molecular weight excluding hydrogens is 508 g/mol. The van der Waals surface area contributed by atoms with Gasteiger partial charge in [0.05, 0.1) is 21.6 Å². The quantitative estimate of drug-likeness (QED) is 0.411. The highest BCUT2D eigenvalue weighted by Gasteiger charge is 2.44. The lowest BCUT2D eigenvalue weighted by Gasteiger charge is -2.16. The van der Waals surface area contributed by atoms with Gasteiger partial charge < -0.3 is 15.2 Å². The molecule has 3 N–H and O–H groups in total. The molecule has 1 unspecified atom stereocenters. The highest BCUT2D eigenvalue weighted by molar-refractivity contribution is 7.91. The van der Waals surface area contributed by atoms with Gasteiger partial charge in [-0.2, -0.15) is 17.6 Å². The fourth-order valence-corrected chi connectivity index (χ4v) is 3.92. The third kappa shape index (κ3) is 5.11. The van der Waals surface area contributed by atoms with E-state index in [1.165, 1.54) is 24.3 Å². The maximum absolute atomic E-state index is 14.5. The summed E-state index contributed by atoms with van der Waals surface area (Å²) in [5, 5.41) is 18.8. The second kappa shape index (κ2) is 8.74. The van der Waals surface area contributed by atoms with E-state index in [0.717, 1.165) is 19.4 Å². The maximum Gasteiger partial charge on any atom is 0.435 e. The Labute approximate surface area is 201 Å². The van der Waals surface area contributed by atoms with Crippen molar-refractivity contribution >= 4 is 21.3 Å². The van der Waals surface area contributed by atoms with Crippen LogP contribution in [0.3, 0.4) is 0 Å². The van der Waals surface area contributed by atoms with Crippen molar-refractivity contribution in [2.24, 2.45) is 0 Å². The van der Waals surface area contributed by atoms with Crippen molar-refractivity contribution in [2.45, 2.75) is 36.4 Å². The Hall–Kier alpha value is -3.72. The number of nitrogens with one attached hydrogen (secondary N) is 2. The van der Waals surface area contributed by atoms with Crippen LogP contribution in [0.4, 0.5) is 23.2 Å². The standard InChI is InChI=1S/C21H18F4N6O4S/c1-10-14(17(32)28-11-4-3-5-12(8-11)36(2,26)34)18(31-30-15(10)21(23,24)25)35-19-16(22)29-13(9-27-19)20(33)6-7-20/h3-5,8-9,26,33H,6-7H2,1-2H3,(H,28,32). The molecule has 2 aromatic heterocycles. The molecule has 1 aliphatic rings. The molecule has 1 atom stereocenters. The van der Waals surface area contributed by atoms with Gasteiger partial charge in [0.2, 0.25) is 0 Å². The van der Waals surface area contributed by atoms with E-state index in [9.17, 15) is 31.7 Å². The largest absolute Gasteiger partial charge is 0.435 e. The summed E-state index contributed by atoms with van der Waals surface area (Å²) in [7, 11) is -3.15. The molecule has 1 fully saturated rings. The summed E-state index contributed by atoms with van der Waals surface area (Å²) >= 11 is 0. The number of alkyl halides is 3. The van der Waals surface area contributed by atoms with E-state index < -0.39 is 61.9 Å². The summed E-state index contributed by atoms with van der Waals surface area (Å²) in [4.78, 5) is 20.4. The summed E-state index contributed by atoms with van der Waals surface area (Å²) < 4.78 is 79.8. The minimum absolute atomic E-state index is 0.0306. The maximum atomic E-state index is 14.5. The first kappa shape index (κ1) is 25.4. The minimum atomic E-state index is -4.96. The van der Waals surface area contributed by atoms with E-state index >= 15 is 0 Å². The number of aliphatic hydroxyl groups is 1. The molecule has 1 aliphatic carbocycles. The van der Waals surface area contributed by atoms with E-state index in [2.05, 4.69) is 25.5 Å². The topological polar surface area (TPSA) is 151 Å². The van der Waals surface area contributed by atoms with Gasteiger partial charge in [0.15, 0.2) is 5.69 Å². The zero-order valence-corrected chi connectivity index (χ0v) is 19.5. The molecule has 0 aliphatic heterocycles. The molecule has 15 heteroatoms. The zero-order valence-electron chi connectivity index (χ0n) is 18.7. The number of carbonyl (C=O) groups excluding carboxylic acids is 1. The van der Waals surface area contributed by atoms with E-state index in [4.69, 9.17) is 9.52 Å². The van der Waals surface area contributed by atoms with Crippen molar-refractivity contribution < 1.29 is 36.4 Å². The number of hydrogen-bond acceptors (Lipinski definition) is 9. The SMILES string of the molecule is Cc1c(C(F)(F)F)nnc(Oc2ncc(C3(O)CC3)nc2F)c1C(=O)Nc1cccc(S(C)(=N)=O)c1. The fraction of sp³-hybridized carbons (Fsp3) is 0.286. The Morgan fingerprint density at radius 2 is 1.94 bits per heavy atom. The molecule has 190 valence electrons. The molecule has 2 heterocycles. The van der Waals surface area contributed by atoms with Gasteiger partial charge in [-0.15, -0.1) is 10.2 Å². The zero-order chi connectivity index (χ0) is 26.5. The van der Waals surface area contributed by atoms with Crippen LogP contribution in [0.25, 0.3) is 0 Å².